The lowest BCUT2D eigenvalue weighted by Gasteiger charge is -2.36. The van der Waals surface area contributed by atoms with Crippen LogP contribution in [0.3, 0.4) is 0 Å². The minimum Gasteiger partial charge on any atom is -0.388 e. The van der Waals surface area contributed by atoms with Crippen LogP contribution in [0.5, 0.6) is 0 Å². The van der Waals surface area contributed by atoms with Crippen molar-refractivity contribution in [1.82, 2.24) is 4.90 Å². The Hall–Kier alpha value is -1.06. The number of rotatable bonds is 4. The van der Waals surface area contributed by atoms with E-state index in [0.29, 0.717) is 0 Å². The maximum absolute atomic E-state index is 9.81. The molecule has 3 nitrogen and oxygen atoms in total. The fourth-order valence-electron chi connectivity index (χ4n) is 2.78. The second kappa shape index (κ2) is 6.40. The molecule has 1 N–H and O–H groups in total. The summed E-state index contributed by atoms with van der Waals surface area (Å²) in [4.78, 5) is 4.78. The molecule has 2 rings (SSSR count). The van der Waals surface area contributed by atoms with Gasteiger partial charge in [0, 0.05) is 24.8 Å². The van der Waals surface area contributed by atoms with Crippen LogP contribution >= 0.6 is 0 Å². The van der Waals surface area contributed by atoms with Gasteiger partial charge in [-0.05, 0) is 51.1 Å². The fourth-order valence-corrected chi connectivity index (χ4v) is 2.78. The van der Waals surface area contributed by atoms with Crippen LogP contribution in [-0.2, 0) is 0 Å². The number of aliphatic hydroxyl groups is 1. The summed E-state index contributed by atoms with van der Waals surface area (Å²) in [5, 5.41) is 9.81. The Bertz CT molecular complexity index is 380. The van der Waals surface area contributed by atoms with Gasteiger partial charge in [0.2, 0.25) is 0 Å². The molecule has 3 heteroatoms. The molecule has 0 amide bonds. The van der Waals surface area contributed by atoms with Gasteiger partial charge in [0.05, 0.1) is 6.10 Å². The van der Waals surface area contributed by atoms with Crippen molar-refractivity contribution >= 4 is 5.69 Å². The fraction of sp³-hybridized carbons (Fsp3) is 0.625. The first-order valence-corrected chi connectivity index (χ1v) is 7.31. The highest BCUT2D eigenvalue weighted by Gasteiger charge is 2.20. The molecule has 19 heavy (non-hydrogen) atoms. The van der Waals surface area contributed by atoms with E-state index in [1.54, 1.807) is 0 Å². The Kier molecular flexibility index (Phi) is 4.83. The maximum Gasteiger partial charge on any atom is 0.0787 e. The summed E-state index contributed by atoms with van der Waals surface area (Å²) < 4.78 is 0. The van der Waals surface area contributed by atoms with Gasteiger partial charge in [-0.15, -0.1) is 0 Å². The van der Waals surface area contributed by atoms with Crippen molar-refractivity contribution in [2.24, 2.45) is 0 Å². The highest BCUT2D eigenvalue weighted by Crippen LogP contribution is 2.24. The van der Waals surface area contributed by atoms with Crippen molar-refractivity contribution in [3.05, 3.63) is 29.8 Å². The second-order valence-electron chi connectivity index (χ2n) is 5.70. The third-order valence-electron chi connectivity index (χ3n) is 4.22. The summed E-state index contributed by atoms with van der Waals surface area (Å²) >= 11 is 0. The molecule has 0 spiro atoms. The zero-order valence-corrected chi connectivity index (χ0v) is 12.3. The molecule has 1 aromatic rings. The quantitative estimate of drug-likeness (QED) is 0.903. The minimum absolute atomic E-state index is 0.325. The molecule has 0 unspecified atom stereocenters. The van der Waals surface area contributed by atoms with Gasteiger partial charge in [0.15, 0.2) is 0 Å². The first-order valence-electron chi connectivity index (χ1n) is 7.31. The van der Waals surface area contributed by atoms with Crippen molar-refractivity contribution in [2.45, 2.75) is 38.3 Å². The largest absolute Gasteiger partial charge is 0.388 e. The summed E-state index contributed by atoms with van der Waals surface area (Å²) in [7, 11) is 4.34. The van der Waals surface area contributed by atoms with E-state index in [2.05, 4.69) is 48.2 Å². The van der Waals surface area contributed by atoms with E-state index in [0.717, 1.165) is 31.1 Å². The van der Waals surface area contributed by atoms with Crippen LogP contribution < -0.4 is 4.90 Å². The summed E-state index contributed by atoms with van der Waals surface area (Å²) in [6, 6.07) is 9.12. The van der Waals surface area contributed by atoms with E-state index in [1.807, 2.05) is 6.92 Å². The van der Waals surface area contributed by atoms with Gasteiger partial charge in [-0.25, -0.2) is 0 Å². The van der Waals surface area contributed by atoms with Crippen molar-refractivity contribution in [3.63, 3.8) is 0 Å². The highest BCUT2D eigenvalue weighted by atomic mass is 16.3. The van der Waals surface area contributed by atoms with E-state index in [9.17, 15) is 5.11 Å². The predicted molar refractivity (Wildman–Crippen MR) is 80.6 cm³/mol. The topological polar surface area (TPSA) is 26.7 Å². The van der Waals surface area contributed by atoms with Crippen LogP contribution in [0.25, 0.3) is 0 Å². The molecule has 1 aliphatic heterocycles. The number of benzene rings is 1. The zero-order chi connectivity index (χ0) is 13.8. The van der Waals surface area contributed by atoms with E-state index >= 15 is 0 Å². The van der Waals surface area contributed by atoms with Crippen molar-refractivity contribution in [3.8, 4) is 0 Å². The molecule has 1 aromatic carbocycles. The Morgan fingerprint density at radius 2 is 1.79 bits per heavy atom. The average molecular weight is 262 g/mol. The van der Waals surface area contributed by atoms with E-state index in [4.69, 9.17) is 0 Å². The lowest BCUT2D eigenvalue weighted by molar-refractivity contribution is 0.173. The van der Waals surface area contributed by atoms with Gasteiger partial charge >= 0.3 is 0 Å². The summed E-state index contributed by atoms with van der Waals surface area (Å²) in [5.41, 5.74) is 2.30. The lowest BCUT2D eigenvalue weighted by Crippen LogP contribution is -2.41. The molecular weight excluding hydrogens is 236 g/mol. The molecule has 1 atom stereocenters. The number of anilines is 1. The van der Waals surface area contributed by atoms with Crippen molar-refractivity contribution < 1.29 is 5.11 Å². The molecule has 1 saturated heterocycles. The zero-order valence-electron chi connectivity index (χ0n) is 12.3. The summed E-state index contributed by atoms with van der Waals surface area (Å²) in [6.07, 6.45) is 2.90. The third kappa shape index (κ3) is 3.48. The van der Waals surface area contributed by atoms with Crippen LogP contribution in [0.2, 0.25) is 0 Å². The summed E-state index contributed by atoms with van der Waals surface area (Å²) in [5.74, 6) is 0. The molecule has 1 aliphatic rings. The second-order valence-corrected chi connectivity index (χ2v) is 5.70. The Morgan fingerprint density at radius 1 is 1.21 bits per heavy atom. The maximum atomic E-state index is 9.81. The molecule has 0 radical (unpaired) electrons. The molecule has 106 valence electrons. The van der Waals surface area contributed by atoms with Gasteiger partial charge in [0.25, 0.3) is 0 Å². The molecular formula is C16H26N2O. The van der Waals surface area contributed by atoms with Crippen LogP contribution in [0, 0.1) is 0 Å². The van der Waals surface area contributed by atoms with Crippen molar-refractivity contribution in [1.29, 1.82) is 0 Å². The van der Waals surface area contributed by atoms with Gasteiger partial charge < -0.3 is 14.9 Å². The Balaban J connectivity index is 1.96. The number of nitrogens with zero attached hydrogens (tertiary/aromatic N) is 2. The van der Waals surface area contributed by atoms with Gasteiger partial charge in [-0.3, -0.25) is 0 Å². The van der Waals surface area contributed by atoms with E-state index in [1.165, 1.54) is 18.5 Å². The highest BCUT2D eigenvalue weighted by molar-refractivity contribution is 5.48. The smallest absolute Gasteiger partial charge is 0.0787 e. The monoisotopic (exact) mass is 262 g/mol. The molecule has 0 bridgehead atoms. The van der Waals surface area contributed by atoms with E-state index < -0.39 is 0 Å². The molecule has 1 fully saturated rings. The Morgan fingerprint density at radius 3 is 2.26 bits per heavy atom. The van der Waals surface area contributed by atoms with Crippen LogP contribution in [0.1, 0.15) is 37.9 Å². The van der Waals surface area contributed by atoms with Crippen molar-refractivity contribution in [2.75, 3.05) is 32.1 Å². The Labute approximate surface area is 116 Å². The SMILES string of the molecule is CC[C@H](O)c1ccc(N2CCC(N(C)C)CC2)cc1. The standard InChI is InChI=1S/C16H26N2O/c1-4-16(19)13-5-7-15(8-6-13)18-11-9-14(10-12-18)17(2)3/h5-8,14,16,19H,4,9-12H2,1-3H3/t16-/m0/s1. The number of piperidine rings is 1. The normalized spacial score (nSPS) is 18.9. The predicted octanol–water partition coefficient (Wildman–Crippen LogP) is 2.66. The van der Waals surface area contributed by atoms with E-state index in [-0.39, 0.29) is 6.10 Å². The minimum atomic E-state index is -0.325. The van der Waals surface area contributed by atoms with Crippen LogP contribution in [0.15, 0.2) is 24.3 Å². The third-order valence-corrected chi connectivity index (χ3v) is 4.22. The van der Waals surface area contributed by atoms with Crippen LogP contribution in [0.4, 0.5) is 5.69 Å². The number of hydrogen-bond acceptors (Lipinski definition) is 3. The van der Waals surface area contributed by atoms with Gasteiger partial charge in [0.1, 0.15) is 0 Å². The lowest BCUT2D eigenvalue weighted by atomic mass is 10.0. The first kappa shape index (κ1) is 14.4. The van der Waals surface area contributed by atoms with Gasteiger partial charge in [-0.1, -0.05) is 19.1 Å². The van der Waals surface area contributed by atoms with Crippen LogP contribution in [-0.4, -0.2) is 43.2 Å². The molecule has 0 saturated carbocycles. The number of hydrogen-bond donors (Lipinski definition) is 1. The molecule has 0 aromatic heterocycles. The first-order chi connectivity index (χ1) is 9.11. The molecule has 0 aliphatic carbocycles. The number of aliphatic hydroxyl groups excluding tert-OH is 1. The average Bonchev–Trinajstić information content (AvgIpc) is 2.46. The van der Waals surface area contributed by atoms with Gasteiger partial charge in [-0.2, -0.15) is 0 Å². The summed E-state index contributed by atoms with van der Waals surface area (Å²) in [6.45, 7) is 4.25. The molecule has 1 heterocycles.